The predicted octanol–water partition coefficient (Wildman–Crippen LogP) is 4.89. The fourth-order valence-electron chi connectivity index (χ4n) is 2.12. The number of ketones is 1. The number of hydrogen-bond donors (Lipinski definition) is 0. The quantitative estimate of drug-likeness (QED) is 0.695. The summed E-state index contributed by atoms with van der Waals surface area (Å²) in [4.78, 5) is 12.6. The van der Waals surface area contributed by atoms with Crippen LogP contribution in [0.2, 0.25) is 0 Å². The van der Waals surface area contributed by atoms with E-state index in [1.807, 2.05) is 70.2 Å². The van der Waals surface area contributed by atoms with Gasteiger partial charge in [-0.3, -0.25) is 4.79 Å². The molecule has 1 nitrogen and oxygen atoms in total. The number of carbonyl (C=O) groups excluding carboxylic acids is 1. The van der Waals surface area contributed by atoms with Gasteiger partial charge in [0.2, 0.25) is 0 Å². The third kappa shape index (κ3) is 2.93. The van der Waals surface area contributed by atoms with Crippen LogP contribution in [0.25, 0.3) is 11.1 Å². The number of benzene rings is 2. The van der Waals surface area contributed by atoms with Gasteiger partial charge < -0.3 is 0 Å². The largest absolute Gasteiger partial charge is 0.294 e. The smallest absolute Gasteiger partial charge is 0.168 e. The Kier molecular flexibility index (Phi) is 3.57. The van der Waals surface area contributed by atoms with Gasteiger partial charge in [0, 0.05) is 11.0 Å². The van der Waals surface area contributed by atoms with Crippen molar-refractivity contribution in [3.8, 4) is 11.1 Å². The van der Waals surface area contributed by atoms with E-state index in [-0.39, 0.29) is 11.2 Å². The van der Waals surface area contributed by atoms with E-state index in [9.17, 15) is 4.79 Å². The SMILES string of the molecule is Cc1ccc(-c2ccccc2)c(C(=O)C(C)(C)C)c1. The Hall–Kier alpha value is -1.89. The summed E-state index contributed by atoms with van der Waals surface area (Å²) in [5, 5.41) is 0. The molecule has 0 radical (unpaired) electrons. The summed E-state index contributed by atoms with van der Waals surface area (Å²) < 4.78 is 0. The normalized spacial score (nSPS) is 11.4. The lowest BCUT2D eigenvalue weighted by molar-refractivity contribution is 0.0859. The zero-order chi connectivity index (χ0) is 14.0. The van der Waals surface area contributed by atoms with Gasteiger partial charge in [0.15, 0.2) is 5.78 Å². The van der Waals surface area contributed by atoms with Gasteiger partial charge in [-0.1, -0.05) is 68.8 Å². The molecular weight excluding hydrogens is 232 g/mol. The summed E-state index contributed by atoms with van der Waals surface area (Å²) in [5.74, 6) is 0.190. The minimum atomic E-state index is -0.364. The van der Waals surface area contributed by atoms with Crippen molar-refractivity contribution < 1.29 is 4.79 Å². The van der Waals surface area contributed by atoms with Gasteiger partial charge in [0.1, 0.15) is 0 Å². The van der Waals surface area contributed by atoms with E-state index in [1.165, 1.54) is 0 Å². The van der Waals surface area contributed by atoms with Crippen LogP contribution in [0.3, 0.4) is 0 Å². The zero-order valence-electron chi connectivity index (χ0n) is 12.0. The number of hydrogen-bond acceptors (Lipinski definition) is 1. The fourth-order valence-corrected chi connectivity index (χ4v) is 2.12. The van der Waals surface area contributed by atoms with Crippen molar-refractivity contribution in [1.29, 1.82) is 0 Å². The first-order valence-corrected chi connectivity index (χ1v) is 6.60. The van der Waals surface area contributed by atoms with E-state index in [0.717, 1.165) is 22.3 Å². The average Bonchev–Trinajstić information content (AvgIpc) is 2.37. The summed E-state index contributed by atoms with van der Waals surface area (Å²) >= 11 is 0. The lowest BCUT2D eigenvalue weighted by Crippen LogP contribution is -2.21. The first-order valence-electron chi connectivity index (χ1n) is 6.60. The van der Waals surface area contributed by atoms with Gasteiger partial charge >= 0.3 is 0 Å². The molecule has 0 unspecified atom stereocenters. The molecule has 1 heteroatoms. The van der Waals surface area contributed by atoms with Crippen LogP contribution in [0.15, 0.2) is 48.5 Å². The maximum absolute atomic E-state index is 12.6. The summed E-state index contributed by atoms with van der Waals surface area (Å²) in [5.41, 5.74) is 3.68. The minimum Gasteiger partial charge on any atom is -0.294 e. The lowest BCUT2D eigenvalue weighted by atomic mass is 9.83. The monoisotopic (exact) mass is 252 g/mol. The summed E-state index contributed by atoms with van der Waals surface area (Å²) in [6.45, 7) is 7.92. The Morgan fingerprint density at radius 1 is 0.947 bits per heavy atom. The minimum absolute atomic E-state index is 0.190. The molecule has 0 spiro atoms. The molecule has 0 fully saturated rings. The molecule has 0 saturated heterocycles. The van der Waals surface area contributed by atoms with Crippen molar-refractivity contribution in [2.45, 2.75) is 27.7 Å². The van der Waals surface area contributed by atoms with Crippen molar-refractivity contribution in [3.05, 3.63) is 59.7 Å². The molecule has 0 aliphatic carbocycles. The van der Waals surface area contributed by atoms with Crippen molar-refractivity contribution in [3.63, 3.8) is 0 Å². The topological polar surface area (TPSA) is 17.1 Å². The highest BCUT2D eigenvalue weighted by atomic mass is 16.1. The van der Waals surface area contributed by atoms with Crippen LogP contribution in [0, 0.1) is 12.3 Å². The molecular formula is C18H20O. The molecule has 0 atom stereocenters. The average molecular weight is 252 g/mol. The highest BCUT2D eigenvalue weighted by Crippen LogP contribution is 2.30. The second-order valence-corrected chi connectivity index (χ2v) is 5.99. The Morgan fingerprint density at radius 3 is 2.16 bits per heavy atom. The number of carbonyl (C=O) groups is 1. The molecule has 2 aromatic rings. The molecule has 2 aromatic carbocycles. The number of rotatable bonds is 2. The second kappa shape index (κ2) is 5.00. The molecule has 0 aromatic heterocycles. The standard InChI is InChI=1S/C18H20O/c1-13-10-11-15(14-8-6-5-7-9-14)16(12-13)17(19)18(2,3)4/h5-12H,1-4H3. The molecule has 0 heterocycles. The van der Waals surface area contributed by atoms with E-state index >= 15 is 0 Å². The second-order valence-electron chi connectivity index (χ2n) is 5.99. The van der Waals surface area contributed by atoms with Crippen molar-refractivity contribution in [1.82, 2.24) is 0 Å². The molecule has 0 aliphatic heterocycles. The van der Waals surface area contributed by atoms with Crippen molar-refractivity contribution in [2.24, 2.45) is 5.41 Å². The maximum Gasteiger partial charge on any atom is 0.168 e. The van der Waals surface area contributed by atoms with Gasteiger partial charge in [-0.25, -0.2) is 0 Å². The van der Waals surface area contributed by atoms with Gasteiger partial charge in [0.05, 0.1) is 0 Å². The molecule has 2 rings (SSSR count). The van der Waals surface area contributed by atoms with Crippen LogP contribution in [0.4, 0.5) is 0 Å². The lowest BCUT2D eigenvalue weighted by Gasteiger charge is -2.19. The van der Waals surface area contributed by atoms with E-state index < -0.39 is 0 Å². The van der Waals surface area contributed by atoms with Gasteiger partial charge in [-0.05, 0) is 24.1 Å². The third-order valence-electron chi connectivity index (χ3n) is 3.19. The van der Waals surface area contributed by atoms with Crippen molar-refractivity contribution in [2.75, 3.05) is 0 Å². The molecule has 0 N–H and O–H groups in total. The highest BCUT2D eigenvalue weighted by molar-refractivity contribution is 6.05. The Labute approximate surface area is 115 Å². The fraction of sp³-hybridized carbons (Fsp3) is 0.278. The molecule has 0 bridgehead atoms. The van der Waals surface area contributed by atoms with Crippen molar-refractivity contribution >= 4 is 5.78 Å². The van der Waals surface area contributed by atoms with Crippen LogP contribution in [-0.2, 0) is 0 Å². The van der Waals surface area contributed by atoms with Gasteiger partial charge in [0.25, 0.3) is 0 Å². The first kappa shape index (κ1) is 13.5. The van der Waals surface area contributed by atoms with E-state index in [4.69, 9.17) is 0 Å². The summed E-state index contributed by atoms with van der Waals surface area (Å²) in [7, 11) is 0. The number of Topliss-reactive ketones (excluding diaryl/α,β-unsaturated/α-hetero) is 1. The van der Waals surface area contributed by atoms with Gasteiger partial charge in [-0.15, -0.1) is 0 Å². The highest BCUT2D eigenvalue weighted by Gasteiger charge is 2.25. The van der Waals surface area contributed by atoms with E-state index in [0.29, 0.717) is 0 Å². The molecule has 0 amide bonds. The Bertz CT molecular complexity index is 589. The van der Waals surface area contributed by atoms with Crippen LogP contribution in [0.1, 0.15) is 36.7 Å². The van der Waals surface area contributed by atoms with E-state index in [2.05, 4.69) is 6.07 Å². The number of aryl methyl sites for hydroxylation is 1. The maximum atomic E-state index is 12.6. The third-order valence-corrected chi connectivity index (χ3v) is 3.19. The van der Waals surface area contributed by atoms with Crippen LogP contribution in [0.5, 0.6) is 0 Å². The predicted molar refractivity (Wildman–Crippen MR) is 80.4 cm³/mol. The molecule has 98 valence electrons. The molecule has 0 aliphatic rings. The van der Waals surface area contributed by atoms with Crippen LogP contribution < -0.4 is 0 Å². The van der Waals surface area contributed by atoms with E-state index in [1.54, 1.807) is 0 Å². The van der Waals surface area contributed by atoms with Gasteiger partial charge in [-0.2, -0.15) is 0 Å². The van der Waals surface area contributed by atoms with Crippen LogP contribution >= 0.6 is 0 Å². The first-order chi connectivity index (χ1) is 8.89. The Morgan fingerprint density at radius 2 is 1.58 bits per heavy atom. The summed E-state index contributed by atoms with van der Waals surface area (Å²) in [6, 6.07) is 16.2. The summed E-state index contributed by atoms with van der Waals surface area (Å²) in [6.07, 6.45) is 0. The van der Waals surface area contributed by atoms with Crippen LogP contribution in [-0.4, -0.2) is 5.78 Å². The molecule has 0 saturated carbocycles. The zero-order valence-corrected chi connectivity index (χ0v) is 12.0. The molecule has 19 heavy (non-hydrogen) atoms. The Balaban J connectivity index is 2.60.